The third-order valence-corrected chi connectivity index (χ3v) is 14.5. The zero-order valence-corrected chi connectivity index (χ0v) is 39.3. The third kappa shape index (κ3) is 11.0. The normalized spacial score (nSPS) is 13.6. The van der Waals surface area contributed by atoms with Crippen LogP contribution < -0.4 is 21.4 Å². The smallest absolute Gasteiger partial charge is 0.329 e. The Morgan fingerprint density at radius 3 is 0.632 bits per heavy atom. The second kappa shape index (κ2) is 18.2. The summed E-state index contributed by atoms with van der Waals surface area (Å²) in [6, 6.07) is 43.0. The van der Waals surface area contributed by atoms with Crippen LogP contribution in [0.15, 0.2) is 146 Å². The van der Waals surface area contributed by atoms with Gasteiger partial charge in [-0.05, 0) is 93.0 Å². The number of aromatic amines is 4. The zero-order chi connectivity index (χ0) is 48.2. The van der Waals surface area contributed by atoms with E-state index < -0.39 is 55.0 Å². The van der Waals surface area contributed by atoms with Crippen LogP contribution in [-0.2, 0) is 42.9 Å². The maximum atomic E-state index is 11.9. The number of rotatable bonds is 12. The molecule has 1 aliphatic heterocycles. The lowest BCUT2D eigenvalue weighted by molar-refractivity contribution is 0.369. The van der Waals surface area contributed by atoms with Crippen LogP contribution in [0.2, 0.25) is 0 Å². The van der Waals surface area contributed by atoms with Gasteiger partial charge in [0.05, 0.1) is 24.6 Å². The van der Waals surface area contributed by atoms with Gasteiger partial charge in [0.25, 0.3) is 0 Å². The van der Waals surface area contributed by atoms with Crippen LogP contribution in [0.4, 0.5) is 0 Å². The summed E-state index contributed by atoms with van der Waals surface area (Å²) >= 11 is 0. The Balaban J connectivity index is 1.34. The highest BCUT2D eigenvalue weighted by atomic mass is 31.2. The van der Waals surface area contributed by atoms with Gasteiger partial charge >= 0.3 is 30.4 Å². The Bertz CT molecular complexity index is 3190. The fourth-order valence-electron chi connectivity index (χ4n) is 8.63. The van der Waals surface area contributed by atoms with Crippen LogP contribution in [0.3, 0.4) is 0 Å². The number of hydrogen-bond acceptors (Lipinski definition) is 4. The van der Waals surface area contributed by atoms with Gasteiger partial charge in [0.1, 0.15) is 0 Å². The summed E-state index contributed by atoms with van der Waals surface area (Å²) in [5.74, 6) is 0. The molecule has 4 aromatic carbocycles. The molecule has 5 heterocycles. The van der Waals surface area contributed by atoms with Crippen molar-refractivity contribution in [3.05, 3.63) is 234 Å². The van der Waals surface area contributed by atoms with E-state index in [2.05, 4.69) is 19.9 Å². The van der Waals surface area contributed by atoms with Gasteiger partial charge in [-0.1, -0.05) is 97.1 Å². The van der Waals surface area contributed by atoms with Crippen molar-refractivity contribution < 1.29 is 57.4 Å². The SMILES string of the molecule is O=P(O)(O)Cc1ccc(C2=c3ccc([nH]3)=C(c3ccc(CP(=O)(O)O)cc3)c3ccc([nH]3)C(c3ccc(CP(=O)(O)O)cc3)=c3ccc([nH]3)=C(c3ccc(CP(=O)(O)O)cc3)c3ccc2[nH]3)cc1. The molecule has 8 bridgehead atoms. The highest BCUT2D eigenvalue weighted by Gasteiger charge is 2.22. The highest BCUT2D eigenvalue weighted by Crippen LogP contribution is 2.42. The predicted molar refractivity (Wildman–Crippen MR) is 257 cm³/mol. The molecule has 0 fully saturated rings. The lowest BCUT2D eigenvalue weighted by Crippen LogP contribution is -2.19. The predicted octanol–water partition coefficient (Wildman–Crippen LogP) is 5.01. The number of benzene rings is 4. The molecular formula is C48H44N4O12P4. The largest absolute Gasteiger partial charge is 0.354 e. The summed E-state index contributed by atoms with van der Waals surface area (Å²) in [6.45, 7) is 0. The van der Waals surface area contributed by atoms with Gasteiger partial charge in [0, 0.05) is 66.5 Å². The summed E-state index contributed by atoms with van der Waals surface area (Å²) in [6.07, 6.45) is -1.74. The van der Waals surface area contributed by atoms with E-state index in [4.69, 9.17) is 0 Å². The third-order valence-electron chi connectivity index (χ3n) is 11.4. The van der Waals surface area contributed by atoms with Gasteiger partial charge in [-0.3, -0.25) is 18.3 Å². The first-order valence-electron chi connectivity index (χ1n) is 20.9. The maximum Gasteiger partial charge on any atom is 0.329 e. The molecule has 4 aromatic heterocycles. The fraction of sp³-hybridized carbons (Fsp3) is 0.0833. The first-order chi connectivity index (χ1) is 32.1. The zero-order valence-electron chi connectivity index (χ0n) is 35.7. The average Bonchev–Trinajstić information content (AvgIpc) is 4.09. The quantitative estimate of drug-likeness (QED) is 0.0720. The monoisotopic (exact) mass is 992 g/mol. The minimum Gasteiger partial charge on any atom is -0.354 e. The molecule has 0 saturated carbocycles. The average molecular weight is 993 g/mol. The molecular weight excluding hydrogens is 948 g/mol. The van der Waals surface area contributed by atoms with Crippen LogP contribution in [0.25, 0.3) is 22.3 Å². The van der Waals surface area contributed by atoms with Crippen LogP contribution in [-0.4, -0.2) is 59.1 Å². The Hall–Kier alpha value is -5.92. The van der Waals surface area contributed by atoms with Crippen molar-refractivity contribution in [2.75, 3.05) is 0 Å². The molecule has 0 amide bonds. The molecule has 0 aliphatic carbocycles. The Morgan fingerprint density at radius 2 is 0.456 bits per heavy atom. The summed E-state index contributed by atoms with van der Waals surface area (Å²) in [4.78, 5) is 92.2. The first kappa shape index (κ1) is 47.2. The van der Waals surface area contributed by atoms with Crippen molar-refractivity contribution >= 4 is 52.7 Å². The van der Waals surface area contributed by atoms with E-state index in [9.17, 15) is 57.4 Å². The van der Waals surface area contributed by atoms with Crippen LogP contribution in [0, 0.1) is 0 Å². The fourth-order valence-corrected chi connectivity index (χ4v) is 11.4. The van der Waals surface area contributed by atoms with E-state index in [1.54, 1.807) is 97.1 Å². The minimum absolute atomic E-state index is 0.435. The molecule has 8 aromatic rings. The number of nitrogens with one attached hydrogen (secondary N) is 4. The van der Waals surface area contributed by atoms with E-state index in [1.807, 2.05) is 48.5 Å². The van der Waals surface area contributed by atoms with Crippen molar-refractivity contribution in [1.29, 1.82) is 0 Å². The number of hydrogen-bond donors (Lipinski definition) is 12. The lowest BCUT2D eigenvalue weighted by atomic mass is 10.0. The first-order valence-corrected chi connectivity index (χ1v) is 28.1. The van der Waals surface area contributed by atoms with E-state index >= 15 is 0 Å². The molecule has 20 heteroatoms. The summed E-state index contributed by atoms with van der Waals surface area (Å²) in [5, 5.41) is 2.66. The standard InChI is InChI=1S/C48H44N4O12P4/c53-65(54,55)25-29-1-9-33(10-2-29)45-37-17-19-39(49-37)46(34-11-3-30(4-12-34)26-66(56,57)58)41-21-23-43(51-41)48(36-15-7-32(8-16-36)28-68(62,63)64)44-24-22-42(52-44)47(40-20-18-38(45)50-40)35-13-5-31(6-14-35)27-67(59,60)61/h1-24,49-52H,25-28H2,(H2,53,54,55)(H2,56,57,58)(H2,59,60,61)(H2,62,63,64). The van der Waals surface area contributed by atoms with Crippen molar-refractivity contribution in [2.24, 2.45) is 0 Å². The van der Waals surface area contributed by atoms with E-state index in [-0.39, 0.29) is 0 Å². The molecule has 348 valence electrons. The second-order valence-corrected chi connectivity index (χ2v) is 23.3. The second-order valence-electron chi connectivity index (χ2n) is 16.7. The topological polar surface area (TPSA) is 293 Å². The molecule has 0 saturated heterocycles. The van der Waals surface area contributed by atoms with Gasteiger partial charge in [0.15, 0.2) is 0 Å². The molecule has 68 heavy (non-hydrogen) atoms. The van der Waals surface area contributed by atoms with Crippen molar-refractivity contribution in [1.82, 2.24) is 19.9 Å². The van der Waals surface area contributed by atoms with Crippen molar-refractivity contribution in [2.45, 2.75) is 24.6 Å². The van der Waals surface area contributed by atoms with Crippen LogP contribution in [0.1, 0.15) is 67.3 Å². The summed E-state index contributed by atoms with van der Waals surface area (Å²) in [7, 11) is -17.4. The molecule has 12 N–H and O–H groups in total. The highest BCUT2D eigenvalue weighted by molar-refractivity contribution is 7.51. The van der Waals surface area contributed by atoms with E-state index in [0.29, 0.717) is 111 Å². The molecule has 16 nitrogen and oxygen atoms in total. The Morgan fingerprint density at radius 1 is 0.265 bits per heavy atom. The Labute approximate surface area is 387 Å². The van der Waals surface area contributed by atoms with Gasteiger partial charge in [-0.15, -0.1) is 0 Å². The number of fused-ring (bicyclic) bond motifs is 8. The van der Waals surface area contributed by atoms with Crippen molar-refractivity contribution in [3.8, 4) is 0 Å². The van der Waals surface area contributed by atoms with Crippen molar-refractivity contribution in [3.63, 3.8) is 0 Å². The van der Waals surface area contributed by atoms with Crippen LogP contribution >= 0.6 is 30.4 Å². The number of H-pyrrole nitrogens is 4. The lowest BCUT2D eigenvalue weighted by Gasteiger charge is -2.11. The molecule has 0 atom stereocenters. The van der Waals surface area contributed by atoms with Crippen LogP contribution in [0.5, 0.6) is 0 Å². The summed E-state index contributed by atoms with van der Waals surface area (Å²) in [5.41, 5.74) is 10.1. The van der Waals surface area contributed by atoms with Gasteiger partial charge < -0.3 is 59.1 Å². The molecule has 0 spiro atoms. The molecule has 0 unspecified atom stereocenters. The van der Waals surface area contributed by atoms with Gasteiger partial charge in [-0.25, -0.2) is 0 Å². The van der Waals surface area contributed by atoms with Gasteiger partial charge in [-0.2, -0.15) is 0 Å². The minimum atomic E-state index is -4.36. The maximum absolute atomic E-state index is 11.9. The van der Waals surface area contributed by atoms with E-state index in [1.165, 1.54) is 0 Å². The van der Waals surface area contributed by atoms with Gasteiger partial charge in [0.2, 0.25) is 0 Å². The van der Waals surface area contributed by atoms with E-state index in [0.717, 1.165) is 0 Å². The summed E-state index contributed by atoms with van der Waals surface area (Å²) < 4.78 is 47.7. The molecule has 9 rings (SSSR count). The number of aromatic nitrogens is 4. The molecule has 1 aliphatic rings. The molecule has 0 radical (unpaired) electrons. The Kier molecular flexibility index (Phi) is 12.6.